The molecule has 2 aromatic heterocycles. The van der Waals surface area contributed by atoms with Crippen LogP contribution in [0.4, 0.5) is 5.82 Å². The van der Waals surface area contributed by atoms with Crippen molar-refractivity contribution in [3.63, 3.8) is 0 Å². The first kappa shape index (κ1) is 19.5. The molecule has 0 spiro atoms. The first-order valence-electron chi connectivity index (χ1n) is 11.4. The molecule has 0 bridgehead atoms. The Morgan fingerprint density at radius 2 is 1.57 bits per heavy atom. The number of anilines is 1. The standard InChI is InChI=1S/C24H32N6/c1-3-27-12-14-28(15-13-27)18-20-6-8-21(9-7-20)22-17-23-25-19(2)16-24(30(23)26-22)29-10-4-5-11-29/h6-9,16-17H,3-5,10-15,18H2,1-2H3. The molecule has 6 heteroatoms. The lowest BCUT2D eigenvalue weighted by Crippen LogP contribution is -2.45. The molecule has 0 unspecified atom stereocenters. The van der Waals surface area contributed by atoms with Gasteiger partial charge in [-0.05, 0) is 31.9 Å². The van der Waals surface area contributed by atoms with Gasteiger partial charge in [-0.3, -0.25) is 4.90 Å². The highest BCUT2D eigenvalue weighted by Crippen LogP contribution is 2.26. The SMILES string of the molecule is CCN1CCN(Cc2ccc(-c3cc4nc(C)cc(N5CCCC5)n4n3)cc2)CC1. The molecule has 0 N–H and O–H groups in total. The molecular weight excluding hydrogens is 372 g/mol. The van der Waals surface area contributed by atoms with Crippen LogP contribution >= 0.6 is 0 Å². The van der Waals surface area contributed by atoms with Crippen LogP contribution in [0.1, 0.15) is 31.0 Å². The number of rotatable bonds is 5. The van der Waals surface area contributed by atoms with Gasteiger partial charge in [0, 0.05) is 69.2 Å². The average molecular weight is 405 g/mol. The third-order valence-electron chi connectivity index (χ3n) is 6.53. The van der Waals surface area contributed by atoms with E-state index in [1.807, 2.05) is 4.52 Å². The summed E-state index contributed by atoms with van der Waals surface area (Å²) in [6, 6.07) is 13.2. The Morgan fingerprint density at radius 3 is 2.27 bits per heavy atom. The van der Waals surface area contributed by atoms with Crippen LogP contribution in [0, 0.1) is 6.92 Å². The Kier molecular flexibility index (Phi) is 5.44. The monoisotopic (exact) mass is 404 g/mol. The van der Waals surface area contributed by atoms with E-state index in [1.165, 1.54) is 37.3 Å². The molecule has 0 amide bonds. The van der Waals surface area contributed by atoms with Gasteiger partial charge in [0.1, 0.15) is 5.82 Å². The molecule has 0 aliphatic carbocycles. The minimum Gasteiger partial charge on any atom is -0.356 e. The van der Waals surface area contributed by atoms with Crippen molar-refractivity contribution < 1.29 is 0 Å². The van der Waals surface area contributed by atoms with E-state index in [0.29, 0.717) is 0 Å². The lowest BCUT2D eigenvalue weighted by Gasteiger charge is -2.34. The molecule has 2 fully saturated rings. The van der Waals surface area contributed by atoms with Gasteiger partial charge in [0.25, 0.3) is 0 Å². The van der Waals surface area contributed by atoms with Crippen LogP contribution < -0.4 is 4.90 Å². The summed E-state index contributed by atoms with van der Waals surface area (Å²) in [4.78, 5) is 12.2. The maximum Gasteiger partial charge on any atom is 0.158 e. The molecule has 2 aliphatic heterocycles. The first-order valence-corrected chi connectivity index (χ1v) is 11.4. The molecule has 0 atom stereocenters. The van der Waals surface area contributed by atoms with Crippen molar-refractivity contribution in [3.8, 4) is 11.3 Å². The number of hydrogen-bond acceptors (Lipinski definition) is 5. The lowest BCUT2D eigenvalue weighted by atomic mass is 10.1. The fraction of sp³-hybridized carbons (Fsp3) is 0.500. The fourth-order valence-electron chi connectivity index (χ4n) is 4.70. The molecule has 158 valence electrons. The van der Waals surface area contributed by atoms with Crippen LogP contribution in [0.2, 0.25) is 0 Å². The number of aryl methyl sites for hydroxylation is 1. The van der Waals surface area contributed by atoms with Gasteiger partial charge in [0.2, 0.25) is 0 Å². The molecule has 1 aromatic carbocycles. The van der Waals surface area contributed by atoms with Crippen molar-refractivity contribution in [2.75, 3.05) is 50.7 Å². The molecule has 0 saturated carbocycles. The summed E-state index contributed by atoms with van der Waals surface area (Å²) in [5.41, 5.74) is 5.51. The Labute approximate surface area is 179 Å². The third-order valence-corrected chi connectivity index (χ3v) is 6.53. The predicted octanol–water partition coefficient (Wildman–Crippen LogP) is 3.44. The van der Waals surface area contributed by atoms with E-state index < -0.39 is 0 Å². The Bertz CT molecular complexity index is 994. The van der Waals surface area contributed by atoms with Crippen molar-refractivity contribution in [3.05, 3.63) is 47.7 Å². The summed E-state index contributed by atoms with van der Waals surface area (Å²) >= 11 is 0. The van der Waals surface area contributed by atoms with Crippen molar-refractivity contribution in [2.45, 2.75) is 33.2 Å². The maximum atomic E-state index is 4.93. The van der Waals surface area contributed by atoms with Crippen molar-refractivity contribution >= 4 is 11.5 Å². The second kappa shape index (κ2) is 8.36. The minimum atomic E-state index is 0.935. The Balaban J connectivity index is 1.35. The molecule has 30 heavy (non-hydrogen) atoms. The van der Waals surface area contributed by atoms with Gasteiger partial charge >= 0.3 is 0 Å². The highest BCUT2D eigenvalue weighted by atomic mass is 15.4. The number of hydrogen-bond donors (Lipinski definition) is 0. The largest absolute Gasteiger partial charge is 0.356 e. The van der Waals surface area contributed by atoms with Gasteiger partial charge in [-0.15, -0.1) is 0 Å². The molecule has 2 saturated heterocycles. The molecule has 6 nitrogen and oxygen atoms in total. The van der Waals surface area contributed by atoms with Crippen LogP contribution in [-0.4, -0.2) is 70.2 Å². The van der Waals surface area contributed by atoms with E-state index in [1.54, 1.807) is 0 Å². The van der Waals surface area contributed by atoms with Crippen molar-refractivity contribution in [2.24, 2.45) is 0 Å². The van der Waals surface area contributed by atoms with E-state index in [0.717, 1.165) is 61.9 Å². The van der Waals surface area contributed by atoms with Crippen LogP contribution in [0.3, 0.4) is 0 Å². The topological polar surface area (TPSA) is 39.9 Å². The lowest BCUT2D eigenvalue weighted by molar-refractivity contribution is 0.132. The summed E-state index contributed by atoms with van der Waals surface area (Å²) in [7, 11) is 0. The van der Waals surface area contributed by atoms with Gasteiger partial charge < -0.3 is 9.80 Å². The molecule has 3 aromatic rings. The quantitative estimate of drug-likeness (QED) is 0.651. The second-order valence-electron chi connectivity index (χ2n) is 8.66. The zero-order chi connectivity index (χ0) is 20.5. The van der Waals surface area contributed by atoms with E-state index in [2.05, 4.69) is 64.9 Å². The van der Waals surface area contributed by atoms with Gasteiger partial charge in [0.15, 0.2) is 5.65 Å². The number of piperazine rings is 1. The van der Waals surface area contributed by atoms with Gasteiger partial charge in [0.05, 0.1) is 5.69 Å². The summed E-state index contributed by atoms with van der Waals surface area (Å²) in [5.74, 6) is 1.17. The van der Waals surface area contributed by atoms with Crippen LogP contribution in [0.15, 0.2) is 36.4 Å². The second-order valence-corrected chi connectivity index (χ2v) is 8.66. The van der Waals surface area contributed by atoms with E-state index in [-0.39, 0.29) is 0 Å². The molecular formula is C24H32N6. The summed E-state index contributed by atoms with van der Waals surface area (Å²) < 4.78 is 2.02. The molecule has 0 radical (unpaired) electrons. The smallest absolute Gasteiger partial charge is 0.158 e. The Morgan fingerprint density at radius 1 is 0.867 bits per heavy atom. The number of aromatic nitrogens is 3. The first-order chi connectivity index (χ1) is 14.7. The van der Waals surface area contributed by atoms with Crippen LogP contribution in [-0.2, 0) is 6.54 Å². The van der Waals surface area contributed by atoms with Crippen LogP contribution in [0.5, 0.6) is 0 Å². The van der Waals surface area contributed by atoms with E-state index >= 15 is 0 Å². The van der Waals surface area contributed by atoms with Crippen molar-refractivity contribution in [1.82, 2.24) is 24.4 Å². The summed E-state index contributed by atoms with van der Waals surface area (Å²) in [6.45, 7) is 13.4. The number of benzene rings is 1. The Hall–Kier alpha value is -2.44. The summed E-state index contributed by atoms with van der Waals surface area (Å²) in [5, 5.41) is 4.93. The predicted molar refractivity (Wildman–Crippen MR) is 122 cm³/mol. The van der Waals surface area contributed by atoms with E-state index in [4.69, 9.17) is 10.1 Å². The zero-order valence-electron chi connectivity index (χ0n) is 18.2. The molecule has 4 heterocycles. The minimum absolute atomic E-state index is 0.935. The highest BCUT2D eigenvalue weighted by Gasteiger charge is 2.19. The normalized spacial score (nSPS) is 18.5. The van der Waals surface area contributed by atoms with Gasteiger partial charge in [-0.25, -0.2) is 4.98 Å². The van der Waals surface area contributed by atoms with Crippen LogP contribution in [0.25, 0.3) is 16.9 Å². The number of likely N-dealkylation sites (N-methyl/N-ethyl adjacent to an activating group) is 1. The molecule has 2 aliphatic rings. The summed E-state index contributed by atoms with van der Waals surface area (Å²) in [6.07, 6.45) is 2.51. The fourth-order valence-corrected chi connectivity index (χ4v) is 4.70. The van der Waals surface area contributed by atoms with Gasteiger partial charge in [-0.2, -0.15) is 9.61 Å². The molecule has 5 rings (SSSR count). The van der Waals surface area contributed by atoms with Crippen molar-refractivity contribution in [1.29, 1.82) is 0 Å². The highest BCUT2D eigenvalue weighted by molar-refractivity contribution is 5.66. The zero-order valence-corrected chi connectivity index (χ0v) is 18.2. The number of nitrogens with zero attached hydrogens (tertiary/aromatic N) is 6. The average Bonchev–Trinajstić information content (AvgIpc) is 3.44. The van der Waals surface area contributed by atoms with Gasteiger partial charge in [-0.1, -0.05) is 31.2 Å². The third kappa shape index (κ3) is 3.94. The maximum absolute atomic E-state index is 4.93. The number of fused-ring (bicyclic) bond motifs is 1. The van der Waals surface area contributed by atoms with E-state index in [9.17, 15) is 0 Å².